The molecule has 1 fully saturated rings. The molecule has 1 aliphatic carbocycles. The molecule has 76 valence electrons. The van der Waals surface area contributed by atoms with E-state index in [0.717, 1.165) is 12.8 Å². The van der Waals surface area contributed by atoms with E-state index in [9.17, 15) is 13.6 Å². The average molecular weight is 193 g/mol. The third-order valence-electron chi connectivity index (χ3n) is 2.29. The number of halogens is 2. The molecule has 0 bridgehead atoms. The third kappa shape index (κ3) is 2.91. The Morgan fingerprint density at radius 1 is 1.69 bits per heavy atom. The molecule has 0 aromatic heterocycles. The van der Waals surface area contributed by atoms with E-state index in [1.165, 1.54) is 0 Å². The number of nitrogens with one attached hydrogen (secondary N) is 1. The van der Waals surface area contributed by atoms with Gasteiger partial charge in [-0.05, 0) is 25.7 Å². The maximum atomic E-state index is 12.5. The van der Waals surface area contributed by atoms with E-state index < -0.39 is 18.4 Å². The summed E-state index contributed by atoms with van der Waals surface area (Å²) in [7, 11) is 0. The van der Waals surface area contributed by atoms with Crippen molar-refractivity contribution in [2.45, 2.75) is 31.7 Å². The largest absolute Gasteiger partial charge is 0.477 e. The maximum absolute atomic E-state index is 12.5. The van der Waals surface area contributed by atoms with Crippen molar-refractivity contribution in [2.75, 3.05) is 6.54 Å². The molecule has 0 spiro atoms. The topological polar surface area (TPSA) is 49.3 Å². The van der Waals surface area contributed by atoms with Crippen LogP contribution in [0.15, 0.2) is 0 Å². The van der Waals surface area contributed by atoms with Crippen molar-refractivity contribution in [3.05, 3.63) is 0 Å². The zero-order chi connectivity index (χ0) is 10.1. The van der Waals surface area contributed by atoms with Gasteiger partial charge in [0, 0.05) is 6.04 Å². The normalized spacial score (nSPS) is 19.9. The maximum Gasteiger partial charge on any atom is 0.375 e. The molecular weight excluding hydrogens is 180 g/mol. The number of carbonyl (C=O) groups is 1. The van der Waals surface area contributed by atoms with Gasteiger partial charge in [-0.2, -0.15) is 8.78 Å². The minimum atomic E-state index is -3.65. The van der Waals surface area contributed by atoms with Crippen LogP contribution in [0.4, 0.5) is 8.78 Å². The minimum Gasteiger partial charge on any atom is -0.477 e. The second-order valence-electron chi connectivity index (χ2n) is 3.52. The van der Waals surface area contributed by atoms with E-state index in [-0.39, 0.29) is 6.04 Å². The molecule has 13 heavy (non-hydrogen) atoms. The summed E-state index contributed by atoms with van der Waals surface area (Å²) in [6.07, 6.45) is 2.10. The standard InChI is InChI=1S/C8H13F2NO2/c1-5(6-2-3-6)11-4-8(9,10)7(12)13/h5-6,11H,2-4H2,1H3,(H,12,13). The summed E-state index contributed by atoms with van der Waals surface area (Å²) in [5, 5.41) is 10.7. The Labute approximate surface area is 75.1 Å². The number of rotatable bonds is 5. The highest BCUT2D eigenvalue weighted by Gasteiger charge is 2.39. The molecule has 0 aromatic carbocycles. The molecule has 1 rings (SSSR count). The Balaban J connectivity index is 2.27. The molecule has 0 aliphatic heterocycles. The van der Waals surface area contributed by atoms with Gasteiger partial charge in [0.05, 0.1) is 6.54 Å². The molecular formula is C8H13F2NO2. The van der Waals surface area contributed by atoms with Crippen molar-refractivity contribution in [2.24, 2.45) is 5.92 Å². The monoisotopic (exact) mass is 193 g/mol. The summed E-state index contributed by atoms with van der Waals surface area (Å²) in [4.78, 5) is 10.0. The number of carboxylic acid groups (broad SMARTS) is 1. The fourth-order valence-electron chi connectivity index (χ4n) is 1.13. The van der Waals surface area contributed by atoms with Crippen LogP contribution in [0.3, 0.4) is 0 Å². The van der Waals surface area contributed by atoms with Gasteiger partial charge in [-0.15, -0.1) is 0 Å². The highest BCUT2D eigenvalue weighted by molar-refractivity contribution is 5.75. The first-order valence-corrected chi connectivity index (χ1v) is 4.28. The second-order valence-corrected chi connectivity index (χ2v) is 3.52. The smallest absolute Gasteiger partial charge is 0.375 e. The third-order valence-corrected chi connectivity index (χ3v) is 2.29. The van der Waals surface area contributed by atoms with Gasteiger partial charge in [-0.1, -0.05) is 0 Å². The van der Waals surface area contributed by atoms with Crippen LogP contribution >= 0.6 is 0 Å². The predicted octanol–water partition coefficient (Wildman–Crippen LogP) is 1.09. The molecule has 5 heteroatoms. The van der Waals surface area contributed by atoms with Gasteiger partial charge in [0.15, 0.2) is 0 Å². The van der Waals surface area contributed by atoms with Crippen molar-refractivity contribution < 1.29 is 18.7 Å². The molecule has 2 N–H and O–H groups in total. The molecule has 0 saturated heterocycles. The van der Waals surface area contributed by atoms with Crippen LogP contribution in [0.2, 0.25) is 0 Å². The average Bonchev–Trinajstić information content (AvgIpc) is 2.82. The van der Waals surface area contributed by atoms with Crippen molar-refractivity contribution in [3.8, 4) is 0 Å². The Morgan fingerprint density at radius 2 is 2.23 bits per heavy atom. The summed E-state index contributed by atoms with van der Waals surface area (Å²) >= 11 is 0. The summed E-state index contributed by atoms with van der Waals surface area (Å²) in [6, 6.07) is -0.00905. The summed E-state index contributed by atoms with van der Waals surface area (Å²) < 4.78 is 25.1. The molecule has 3 nitrogen and oxygen atoms in total. The SMILES string of the molecule is CC(NCC(F)(F)C(=O)O)C1CC1. The van der Waals surface area contributed by atoms with Gasteiger partial charge in [-0.25, -0.2) is 4.79 Å². The van der Waals surface area contributed by atoms with Gasteiger partial charge in [0.2, 0.25) is 0 Å². The Hall–Kier alpha value is -0.710. The van der Waals surface area contributed by atoms with E-state index in [4.69, 9.17) is 5.11 Å². The summed E-state index contributed by atoms with van der Waals surface area (Å²) in [6.45, 7) is 1.02. The highest BCUT2D eigenvalue weighted by atomic mass is 19.3. The molecule has 0 heterocycles. The molecule has 0 aromatic rings. The lowest BCUT2D eigenvalue weighted by Crippen LogP contribution is -2.43. The van der Waals surface area contributed by atoms with Gasteiger partial charge in [0.25, 0.3) is 0 Å². The lowest BCUT2D eigenvalue weighted by Gasteiger charge is -2.16. The quantitative estimate of drug-likeness (QED) is 0.687. The van der Waals surface area contributed by atoms with Crippen LogP contribution in [-0.4, -0.2) is 29.6 Å². The van der Waals surface area contributed by atoms with Crippen molar-refractivity contribution >= 4 is 5.97 Å². The lowest BCUT2D eigenvalue weighted by molar-refractivity contribution is -0.164. The van der Waals surface area contributed by atoms with E-state index in [2.05, 4.69) is 5.32 Å². The first-order chi connectivity index (χ1) is 5.93. The molecule has 1 aliphatic rings. The minimum absolute atomic E-state index is 0.00905. The highest BCUT2D eigenvalue weighted by Crippen LogP contribution is 2.32. The van der Waals surface area contributed by atoms with Crippen LogP contribution in [0, 0.1) is 5.92 Å². The van der Waals surface area contributed by atoms with Crippen molar-refractivity contribution in [1.82, 2.24) is 5.32 Å². The van der Waals surface area contributed by atoms with E-state index in [0.29, 0.717) is 5.92 Å². The van der Waals surface area contributed by atoms with E-state index in [1.54, 1.807) is 6.92 Å². The van der Waals surface area contributed by atoms with Crippen LogP contribution in [0.25, 0.3) is 0 Å². The number of aliphatic carboxylic acids is 1. The molecule has 0 amide bonds. The second kappa shape index (κ2) is 3.57. The zero-order valence-corrected chi connectivity index (χ0v) is 7.39. The number of alkyl halides is 2. The number of hydrogen-bond donors (Lipinski definition) is 2. The van der Waals surface area contributed by atoms with Crippen molar-refractivity contribution in [3.63, 3.8) is 0 Å². The molecule has 1 unspecified atom stereocenters. The first-order valence-electron chi connectivity index (χ1n) is 4.28. The first kappa shape index (κ1) is 10.4. The Kier molecular flexibility index (Phi) is 2.85. The van der Waals surface area contributed by atoms with Gasteiger partial charge < -0.3 is 10.4 Å². The number of carboxylic acids is 1. The van der Waals surface area contributed by atoms with E-state index in [1.807, 2.05) is 0 Å². The Morgan fingerprint density at radius 3 is 2.62 bits per heavy atom. The lowest BCUT2D eigenvalue weighted by atomic mass is 10.2. The molecule has 0 radical (unpaired) electrons. The van der Waals surface area contributed by atoms with Crippen LogP contribution in [0.5, 0.6) is 0 Å². The predicted molar refractivity (Wildman–Crippen MR) is 42.8 cm³/mol. The number of hydrogen-bond acceptors (Lipinski definition) is 2. The fraction of sp³-hybridized carbons (Fsp3) is 0.875. The Bertz CT molecular complexity index is 204. The van der Waals surface area contributed by atoms with Gasteiger partial charge >= 0.3 is 11.9 Å². The zero-order valence-electron chi connectivity index (χ0n) is 7.39. The van der Waals surface area contributed by atoms with Crippen molar-refractivity contribution in [1.29, 1.82) is 0 Å². The van der Waals surface area contributed by atoms with Gasteiger partial charge in [-0.3, -0.25) is 0 Å². The van der Waals surface area contributed by atoms with Crippen LogP contribution in [-0.2, 0) is 4.79 Å². The van der Waals surface area contributed by atoms with Crippen LogP contribution in [0.1, 0.15) is 19.8 Å². The molecule has 1 atom stereocenters. The molecule has 1 saturated carbocycles. The summed E-state index contributed by atoms with van der Waals surface area (Å²) in [5.41, 5.74) is 0. The van der Waals surface area contributed by atoms with E-state index >= 15 is 0 Å². The fourth-order valence-corrected chi connectivity index (χ4v) is 1.13. The van der Waals surface area contributed by atoms with Crippen LogP contribution < -0.4 is 5.32 Å². The van der Waals surface area contributed by atoms with Gasteiger partial charge in [0.1, 0.15) is 0 Å². The summed E-state index contributed by atoms with van der Waals surface area (Å²) in [5.74, 6) is -5.27.